The Balaban J connectivity index is 1.61. The average molecular weight is 495 g/mol. The first-order chi connectivity index (χ1) is 16.4. The van der Waals surface area contributed by atoms with Gasteiger partial charge in [-0.3, -0.25) is 14.9 Å². The zero-order valence-electron chi connectivity index (χ0n) is 18.6. The topological polar surface area (TPSA) is 118 Å². The van der Waals surface area contributed by atoms with Gasteiger partial charge in [-0.2, -0.15) is 0 Å². The van der Waals surface area contributed by atoms with Crippen LogP contribution < -0.4 is 5.32 Å². The Morgan fingerprint density at radius 2 is 1.91 bits per heavy atom. The van der Waals surface area contributed by atoms with Crippen molar-refractivity contribution in [2.45, 2.75) is 31.7 Å². The van der Waals surface area contributed by atoms with Crippen LogP contribution in [0.2, 0.25) is 0 Å². The fourth-order valence-corrected chi connectivity index (χ4v) is 5.55. The van der Waals surface area contributed by atoms with Gasteiger partial charge < -0.3 is 10.4 Å². The molecule has 34 heavy (non-hydrogen) atoms. The number of hydrogen-bond donors (Lipinski definition) is 2. The number of phenolic OH excluding ortho intramolecular Hbond substituents is 1. The van der Waals surface area contributed by atoms with Crippen LogP contribution in [0.5, 0.6) is 5.75 Å². The van der Waals surface area contributed by atoms with Crippen molar-refractivity contribution in [1.82, 2.24) is 9.97 Å². The van der Waals surface area contributed by atoms with Crippen LogP contribution in [0.1, 0.15) is 24.3 Å². The Bertz CT molecular complexity index is 1370. The molecule has 2 N–H and O–H groups in total. The third-order valence-corrected chi connectivity index (χ3v) is 7.53. The Kier molecular flexibility index (Phi) is 7.09. The van der Waals surface area contributed by atoms with Gasteiger partial charge in [0.25, 0.3) is 5.69 Å². The largest absolute Gasteiger partial charge is 0.506 e. The van der Waals surface area contributed by atoms with E-state index in [4.69, 9.17) is 0 Å². The Labute approximate surface area is 204 Å². The van der Waals surface area contributed by atoms with Crippen LogP contribution in [-0.4, -0.2) is 31.7 Å². The van der Waals surface area contributed by atoms with E-state index in [-0.39, 0.29) is 22.9 Å². The first-order valence-corrected chi connectivity index (χ1v) is 12.5. The number of nitro groups is 1. The van der Waals surface area contributed by atoms with E-state index in [1.165, 1.54) is 40.7 Å². The molecule has 0 saturated heterocycles. The summed E-state index contributed by atoms with van der Waals surface area (Å²) in [5.41, 5.74) is 3.21. The molecule has 8 nitrogen and oxygen atoms in total. The van der Waals surface area contributed by atoms with Crippen LogP contribution in [0, 0.1) is 10.1 Å². The number of nitrogens with zero attached hydrogens (tertiary/aromatic N) is 3. The second-order valence-corrected chi connectivity index (χ2v) is 9.51. The normalized spacial score (nSPS) is 11.0. The summed E-state index contributed by atoms with van der Waals surface area (Å²) in [6.07, 6.45) is 3.31. The lowest BCUT2D eigenvalue weighted by atomic mass is 10.0. The van der Waals surface area contributed by atoms with Gasteiger partial charge in [0.05, 0.1) is 21.7 Å². The van der Waals surface area contributed by atoms with Crippen LogP contribution in [0.25, 0.3) is 21.3 Å². The summed E-state index contributed by atoms with van der Waals surface area (Å²) in [6.45, 7) is 4.22. The summed E-state index contributed by atoms with van der Waals surface area (Å²) in [7, 11) is 0. The number of carbonyl (C=O) groups is 1. The Morgan fingerprint density at radius 1 is 1.15 bits per heavy atom. The standard InChI is InChI=1S/C24H22N4O4S2/c1-3-14-5-7-15(8-6-14)21-19(4-2)34-24-22(21)23(25-13-26-24)33-12-20(30)27-17-11-16(28(31)32)9-10-18(17)29/h5-11,13,29H,3-4,12H2,1-2H3,(H,27,30). The molecule has 4 aromatic rings. The molecule has 2 aromatic heterocycles. The first-order valence-electron chi connectivity index (χ1n) is 10.7. The third-order valence-electron chi connectivity index (χ3n) is 5.30. The number of hydrogen-bond acceptors (Lipinski definition) is 8. The first kappa shape index (κ1) is 23.7. The highest BCUT2D eigenvalue weighted by Crippen LogP contribution is 2.42. The number of amides is 1. The molecule has 0 aliphatic carbocycles. The van der Waals surface area contributed by atoms with Crippen molar-refractivity contribution < 1.29 is 14.8 Å². The molecular formula is C24H22N4O4S2. The highest BCUT2D eigenvalue weighted by atomic mass is 32.2. The number of non-ortho nitro benzene ring substituents is 1. The smallest absolute Gasteiger partial charge is 0.271 e. The molecule has 0 radical (unpaired) electrons. The van der Waals surface area contributed by atoms with Gasteiger partial charge in [0.2, 0.25) is 5.91 Å². The SMILES string of the molecule is CCc1ccc(-c2c(CC)sc3ncnc(SCC(=O)Nc4cc([N+](=O)[O-])ccc4O)c23)cc1. The van der Waals surface area contributed by atoms with Gasteiger partial charge in [-0.15, -0.1) is 11.3 Å². The predicted molar refractivity (Wildman–Crippen MR) is 136 cm³/mol. The fourth-order valence-electron chi connectivity index (χ4n) is 3.58. The number of nitrogens with one attached hydrogen (secondary N) is 1. The van der Waals surface area contributed by atoms with E-state index in [9.17, 15) is 20.0 Å². The number of nitro benzene ring substituents is 1. The summed E-state index contributed by atoms with van der Waals surface area (Å²) < 4.78 is 0. The van der Waals surface area contributed by atoms with Crippen LogP contribution in [0.15, 0.2) is 53.8 Å². The zero-order chi connectivity index (χ0) is 24.2. The van der Waals surface area contributed by atoms with Crippen molar-refractivity contribution >= 4 is 50.6 Å². The van der Waals surface area contributed by atoms with Crippen LogP contribution in [0.3, 0.4) is 0 Å². The molecule has 2 heterocycles. The van der Waals surface area contributed by atoms with Crippen LogP contribution in [0.4, 0.5) is 11.4 Å². The molecule has 0 aliphatic rings. The van der Waals surface area contributed by atoms with Gasteiger partial charge in [0, 0.05) is 22.6 Å². The monoisotopic (exact) mass is 494 g/mol. The van der Waals surface area contributed by atoms with E-state index in [1.807, 2.05) is 0 Å². The molecule has 0 spiro atoms. The van der Waals surface area contributed by atoms with Crippen LogP contribution in [-0.2, 0) is 17.6 Å². The number of benzene rings is 2. The van der Waals surface area contributed by atoms with E-state index in [1.54, 1.807) is 11.3 Å². The molecule has 2 aromatic carbocycles. The van der Waals surface area contributed by atoms with Crippen molar-refractivity contribution in [2.24, 2.45) is 0 Å². The fraction of sp³-hybridized carbons (Fsp3) is 0.208. The molecule has 1 amide bonds. The van der Waals surface area contributed by atoms with Gasteiger partial charge in [0.1, 0.15) is 21.9 Å². The van der Waals surface area contributed by atoms with Crippen molar-refractivity contribution in [3.05, 3.63) is 69.3 Å². The molecule has 4 rings (SSSR count). The van der Waals surface area contributed by atoms with Crippen molar-refractivity contribution in [1.29, 1.82) is 0 Å². The Morgan fingerprint density at radius 3 is 2.59 bits per heavy atom. The highest BCUT2D eigenvalue weighted by molar-refractivity contribution is 8.00. The molecular weight excluding hydrogens is 472 g/mol. The maximum Gasteiger partial charge on any atom is 0.271 e. The number of aromatic nitrogens is 2. The van der Waals surface area contributed by atoms with Gasteiger partial charge in [-0.25, -0.2) is 9.97 Å². The average Bonchev–Trinajstić information content (AvgIpc) is 3.23. The number of aryl methyl sites for hydroxylation is 2. The summed E-state index contributed by atoms with van der Waals surface area (Å²) in [5.74, 6) is -0.635. The number of carbonyl (C=O) groups excluding carboxylic acids is 1. The van der Waals surface area contributed by atoms with Gasteiger partial charge in [0.15, 0.2) is 0 Å². The van der Waals surface area contributed by atoms with E-state index in [2.05, 4.69) is 53.4 Å². The molecule has 0 saturated carbocycles. The number of phenols is 1. The lowest BCUT2D eigenvalue weighted by molar-refractivity contribution is -0.384. The summed E-state index contributed by atoms with van der Waals surface area (Å²) in [5, 5.41) is 25.1. The lowest BCUT2D eigenvalue weighted by Gasteiger charge is -2.09. The number of aromatic hydroxyl groups is 1. The number of thioether (sulfide) groups is 1. The van der Waals surface area contributed by atoms with E-state index < -0.39 is 10.8 Å². The molecule has 0 aliphatic heterocycles. The minimum Gasteiger partial charge on any atom is -0.506 e. The second-order valence-electron chi connectivity index (χ2n) is 7.46. The summed E-state index contributed by atoms with van der Waals surface area (Å²) >= 11 is 2.89. The highest BCUT2D eigenvalue weighted by Gasteiger charge is 2.19. The van der Waals surface area contributed by atoms with Gasteiger partial charge in [-0.05, 0) is 30.0 Å². The van der Waals surface area contributed by atoms with Gasteiger partial charge in [-0.1, -0.05) is 49.9 Å². The minimum absolute atomic E-state index is 0.00635. The predicted octanol–water partition coefficient (Wildman–Crippen LogP) is 5.83. The maximum atomic E-state index is 12.6. The van der Waals surface area contributed by atoms with E-state index >= 15 is 0 Å². The van der Waals surface area contributed by atoms with Crippen molar-refractivity contribution in [3.8, 4) is 16.9 Å². The molecule has 10 heteroatoms. The maximum absolute atomic E-state index is 12.6. The quantitative estimate of drug-likeness (QED) is 0.104. The van der Waals surface area contributed by atoms with Crippen LogP contribution >= 0.6 is 23.1 Å². The summed E-state index contributed by atoms with van der Waals surface area (Å²) in [4.78, 5) is 34.0. The van der Waals surface area contributed by atoms with Crippen molar-refractivity contribution in [3.63, 3.8) is 0 Å². The zero-order valence-corrected chi connectivity index (χ0v) is 20.2. The molecule has 0 bridgehead atoms. The molecule has 174 valence electrons. The molecule has 0 atom stereocenters. The van der Waals surface area contributed by atoms with Crippen molar-refractivity contribution in [2.75, 3.05) is 11.1 Å². The second kappa shape index (κ2) is 10.2. The van der Waals surface area contributed by atoms with E-state index in [0.717, 1.165) is 40.3 Å². The molecule has 0 fully saturated rings. The number of anilines is 1. The minimum atomic E-state index is -0.585. The number of thiophene rings is 1. The lowest BCUT2D eigenvalue weighted by Crippen LogP contribution is -2.14. The van der Waals surface area contributed by atoms with E-state index in [0.29, 0.717) is 5.03 Å². The number of fused-ring (bicyclic) bond motifs is 1. The Hall–Kier alpha value is -3.50. The third kappa shape index (κ3) is 4.87. The molecule has 0 unspecified atom stereocenters. The number of rotatable bonds is 8. The summed E-state index contributed by atoms with van der Waals surface area (Å²) in [6, 6.07) is 11.9. The van der Waals surface area contributed by atoms with Gasteiger partial charge >= 0.3 is 0 Å².